The molecule has 0 radical (unpaired) electrons. The molecular formula is C18H24N4O3. The highest BCUT2D eigenvalue weighted by molar-refractivity contribution is 5.83. The van der Waals surface area contributed by atoms with Crippen LogP contribution in [0, 0.1) is 0 Å². The van der Waals surface area contributed by atoms with E-state index < -0.39 is 11.7 Å². The molecular weight excluding hydrogens is 320 g/mol. The molecule has 2 rings (SSSR count). The highest BCUT2D eigenvalue weighted by Crippen LogP contribution is 2.14. The summed E-state index contributed by atoms with van der Waals surface area (Å²) in [4.78, 5) is 11.7. The van der Waals surface area contributed by atoms with Crippen molar-refractivity contribution in [3.05, 3.63) is 42.0 Å². The van der Waals surface area contributed by atoms with Crippen LogP contribution in [0.1, 0.15) is 26.3 Å². The van der Waals surface area contributed by atoms with Crippen LogP contribution in [0.5, 0.6) is 5.75 Å². The summed E-state index contributed by atoms with van der Waals surface area (Å²) in [5, 5.41) is 13.7. The summed E-state index contributed by atoms with van der Waals surface area (Å²) >= 11 is 0. The number of hydrogen-bond donors (Lipinski definition) is 2. The average molecular weight is 344 g/mol. The maximum atomic E-state index is 11.7. The number of carbonyl (C=O) groups is 1. The lowest BCUT2D eigenvalue weighted by Crippen LogP contribution is -2.27. The van der Waals surface area contributed by atoms with E-state index in [-0.39, 0.29) is 0 Å². The fourth-order valence-electron chi connectivity index (χ4n) is 2.06. The van der Waals surface area contributed by atoms with Crippen LogP contribution in [0.15, 0.2) is 36.4 Å². The average Bonchev–Trinajstić information content (AvgIpc) is 2.55. The van der Waals surface area contributed by atoms with Gasteiger partial charge in [-0.3, -0.25) is 5.32 Å². The molecule has 1 aromatic heterocycles. The van der Waals surface area contributed by atoms with Crippen molar-refractivity contribution in [1.29, 1.82) is 0 Å². The molecule has 0 aliphatic carbocycles. The molecule has 7 nitrogen and oxygen atoms in total. The number of ether oxygens (including phenoxy) is 2. The summed E-state index contributed by atoms with van der Waals surface area (Å²) < 4.78 is 10.4. The van der Waals surface area contributed by atoms with E-state index in [1.54, 1.807) is 40.0 Å². The van der Waals surface area contributed by atoms with Gasteiger partial charge in [-0.05, 0) is 57.0 Å². The van der Waals surface area contributed by atoms with Crippen LogP contribution in [0.25, 0.3) is 0 Å². The summed E-state index contributed by atoms with van der Waals surface area (Å²) in [6.07, 6.45) is 0.275. The predicted molar refractivity (Wildman–Crippen MR) is 97.1 cm³/mol. The van der Waals surface area contributed by atoms with Crippen molar-refractivity contribution < 1.29 is 14.3 Å². The van der Waals surface area contributed by atoms with E-state index in [0.717, 1.165) is 12.2 Å². The topological polar surface area (TPSA) is 85.4 Å². The third kappa shape index (κ3) is 6.66. The molecule has 1 aromatic carbocycles. The normalized spacial score (nSPS) is 10.9. The SMILES string of the molecule is COc1cccc(CCNc2ccc(NC(=O)OC(C)(C)C)nn2)c1. The molecule has 2 aromatic rings. The van der Waals surface area contributed by atoms with Crippen LogP contribution >= 0.6 is 0 Å². The Morgan fingerprint density at radius 3 is 2.48 bits per heavy atom. The lowest BCUT2D eigenvalue weighted by atomic mass is 10.1. The minimum atomic E-state index is -0.556. The van der Waals surface area contributed by atoms with Gasteiger partial charge in [-0.25, -0.2) is 4.79 Å². The lowest BCUT2D eigenvalue weighted by Gasteiger charge is -2.19. The number of hydrogen-bond acceptors (Lipinski definition) is 6. The lowest BCUT2D eigenvalue weighted by molar-refractivity contribution is 0.0635. The number of anilines is 2. The molecule has 0 spiro atoms. The molecule has 0 aliphatic rings. The van der Waals surface area contributed by atoms with E-state index in [4.69, 9.17) is 9.47 Å². The van der Waals surface area contributed by atoms with Gasteiger partial charge in [-0.2, -0.15) is 0 Å². The molecule has 1 heterocycles. The Balaban J connectivity index is 1.81. The summed E-state index contributed by atoms with van der Waals surface area (Å²) in [5.74, 6) is 1.82. The Labute approximate surface area is 147 Å². The van der Waals surface area contributed by atoms with Gasteiger partial charge in [-0.1, -0.05) is 12.1 Å². The van der Waals surface area contributed by atoms with Gasteiger partial charge in [-0.15, -0.1) is 10.2 Å². The molecule has 0 unspecified atom stereocenters. The summed E-state index contributed by atoms with van der Waals surface area (Å²) in [6, 6.07) is 11.4. The third-order valence-electron chi connectivity index (χ3n) is 3.15. The van der Waals surface area contributed by atoms with Crippen LogP contribution in [0.3, 0.4) is 0 Å². The zero-order valence-electron chi connectivity index (χ0n) is 15.0. The Morgan fingerprint density at radius 2 is 1.84 bits per heavy atom. The second-order valence-corrected chi connectivity index (χ2v) is 6.46. The molecule has 2 N–H and O–H groups in total. The van der Waals surface area contributed by atoms with Gasteiger partial charge >= 0.3 is 6.09 Å². The number of benzene rings is 1. The molecule has 0 bridgehead atoms. The van der Waals surface area contributed by atoms with E-state index in [9.17, 15) is 4.79 Å². The van der Waals surface area contributed by atoms with Crippen molar-refractivity contribution in [2.24, 2.45) is 0 Å². The molecule has 25 heavy (non-hydrogen) atoms. The molecule has 0 aliphatic heterocycles. The minimum Gasteiger partial charge on any atom is -0.497 e. The second-order valence-electron chi connectivity index (χ2n) is 6.46. The maximum Gasteiger partial charge on any atom is 0.413 e. The third-order valence-corrected chi connectivity index (χ3v) is 3.15. The predicted octanol–water partition coefficient (Wildman–Crippen LogP) is 3.49. The van der Waals surface area contributed by atoms with Crippen molar-refractivity contribution in [1.82, 2.24) is 10.2 Å². The largest absolute Gasteiger partial charge is 0.497 e. The van der Waals surface area contributed by atoms with Gasteiger partial charge in [0.05, 0.1) is 7.11 Å². The monoisotopic (exact) mass is 344 g/mol. The molecule has 134 valence electrons. The number of nitrogens with one attached hydrogen (secondary N) is 2. The molecule has 0 atom stereocenters. The quantitative estimate of drug-likeness (QED) is 0.834. The van der Waals surface area contributed by atoms with Crippen LogP contribution in [0.2, 0.25) is 0 Å². The number of carbonyl (C=O) groups excluding carboxylic acids is 1. The van der Waals surface area contributed by atoms with Crippen LogP contribution in [-0.2, 0) is 11.2 Å². The fraction of sp³-hybridized carbons (Fsp3) is 0.389. The Kier molecular flexibility index (Phi) is 6.16. The Hall–Kier alpha value is -2.83. The van der Waals surface area contributed by atoms with E-state index in [2.05, 4.69) is 20.8 Å². The second kappa shape index (κ2) is 8.32. The molecule has 0 saturated carbocycles. The highest BCUT2D eigenvalue weighted by atomic mass is 16.6. The summed E-state index contributed by atoms with van der Waals surface area (Å²) in [7, 11) is 1.65. The van der Waals surface area contributed by atoms with Gasteiger partial charge in [0.15, 0.2) is 5.82 Å². The number of rotatable bonds is 6. The van der Waals surface area contributed by atoms with Crippen LogP contribution < -0.4 is 15.4 Å². The van der Waals surface area contributed by atoms with E-state index in [1.165, 1.54) is 5.56 Å². The first-order valence-corrected chi connectivity index (χ1v) is 8.06. The number of aromatic nitrogens is 2. The first kappa shape index (κ1) is 18.5. The first-order valence-electron chi connectivity index (χ1n) is 8.06. The zero-order chi connectivity index (χ0) is 18.3. The van der Waals surface area contributed by atoms with E-state index in [0.29, 0.717) is 18.2 Å². The smallest absolute Gasteiger partial charge is 0.413 e. The first-order chi connectivity index (χ1) is 11.9. The van der Waals surface area contributed by atoms with Crippen LogP contribution in [-0.4, -0.2) is 35.5 Å². The van der Waals surface area contributed by atoms with E-state index in [1.807, 2.05) is 24.3 Å². The Bertz CT molecular complexity index is 696. The molecule has 7 heteroatoms. The minimum absolute atomic E-state index is 0.340. The number of methoxy groups -OCH3 is 1. The highest BCUT2D eigenvalue weighted by Gasteiger charge is 2.16. The maximum absolute atomic E-state index is 11.7. The molecule has 1 amide bonds. The van der Waals surface area contributed by atoms with Gasteiger partial charge in [0.25, 0.3) is 0 Å². The van der Waals surface area contributed by atoms with Crippen molar-refractivity contribution in [2.45, 2.75) is 32.8 Å². The van der Waals surface area contributed by atoms with Gasteiger partial charge in [0.1, 0.15) is 17.2 Å². The molecule has 0 fully saturated rings. The van der Waals surface area contributed by atoms with Gasteiger partial charge < -0.3 is 14.8 Å². The summed E-state index contributed by atoms with van der Waals surface area (Å²) in [6.45, 7) is 6.11. The Morgan fingerprint density at radius 1 is 1.12 bits per heavy atom. The van der Waals surface area contributed by atoms with Crippen molar-refractivity contribution in [3.8, 4) is 5.75 Å². The van der Waals surface area contributed by atoms with Crippen molar-refractivity contribution >= 4 is 17.7 Å². The van der Waals surface area contributed by atoms with Crippen LogP contribution in [0.4, 0.5) is 16.4 Å². The van der Waals surface area contributed by atoms with Crippen molar-refractivity contribution in [2.75, 3.05) is 24.3 Å². The van der Waals surface area contributed by atoms with Gasteiger partial charge in [0, 0.05) is 6.54 Å². The van der Waals surface area contributed by atoms with E-state index >= 15 is 0 Å². The number of amides is 1. The summed E-state index contributed by atoms with van der Waals surface area (Å²) in [5.41, 5.74) is 0.613. The zero-order valence-corrected chi connectivity index (χ0v) is 15.0. The van der Waals surface area contributed by atoms with Gasteiger partial charge in [0.2, 0.25) is 0 Å². The fourth-order valence-corrected chi connectivity index (χ4v) is 2.06. The van der Waals surface area contributed by atoms with Crippen molar-refractivity contribution in [3.63, 3.8) is 0 Å². The number of nitrogens with zero attached hydrogens (tertiary/aromatic N) is 2. The molecule has 0 saturated heterocycles. The standard InChI is InChI=1S/C18H24N4O3/c1-18(2,3)25-17(23)20-16-9-8-15(21-22-16)19-11-10-13-6-5-7-14(12-13)24-4/h5-9,12H,10-11H2,1-4H3,(H,19,21)(H,20,22,23).